The smallest absolute Gasteiger partial charge is 0.303 e. The lowest BCUT2D eigenvalue weighted by molar-refractivity contribution is -0.138. The van der Waals surface area contributed by atoms with Crippen LogP contribution in [0.25, 0.3) is 0 Å². The van der Waals surface area contributed by atoms with Gasteiger partial charge >= 0.3 is 5.97 Å². The van der Waals surface area contributed by atoms with Crippen molar-refractivity contribution in [3.05, 3.63) is 35.9 Å². The summed E-state index contributed by atoms with van der Waals surface area (Å²) in [5.41, 5.74) is 7.69. The minimum atomic E-state index is -0.727. The van der Waals surface area contributed by atoms with Gasteiger partial charge in [0.2, 0.25) is 5.88 Å². The molecule has 2 aromatic rings. The maximum Gasteiger partial charge on any atom is 0.303 e. The third-order valence-electron chi connectivity index (χ3n) is 5.67. The number of carbonyl (C=O) groups excluding carboxylic acids is 1. The van der Waals surface area contributed by atoms with E-state index in [0.29, 0.717) is 24.8 Å². The second-order valence-corrected chi connectivity index (χ2v) is 7.50. The summed E-state index contributed by atoms with van der Waals surface area (Å²) in [6.45, 7) is 0.653. The first kappa shape index (κ1) is 19.1. The van der Waals surface area contributed by atoms with Gasteiger partial charge in [0.25, 0.3) is 5.91 Å². The Morgan fingerprint density at radius 3 is 2.69 bits per heavy atom. The van der Waals surface area contributed by atoms with E-state index < -0.39 is 5.97 Å². The van der Waals surface area contributed by atoms with Gasteiger partial charge in [-0.3, -0.25) is 14.6 Å². The van der Waals surface area contributed by atoms with Gasteiger partial charge in [0.1, 0.15) is 24.3 Å². The maximum absolute atomic E-state index is 13.0. The molecule has 1 saturated carbocycles. The molecule has 0 spiro atoms. The van der Waals surface area contributed by atoms with E-state index >= 15 is 0 Å². The Labute approximate surface area is 167 Å². The molecule has 152 valence electrons. The minimum Gasteiger partial charge on any atom is -0.481 e. The second kappa shape index (κ2) is 8.02. The highest BCUT2D eigenvalue weighted by atomic mass is 16.5. The van der Waals surface area contributed by atoms with Crippen LogP contribution >= 0.6 is 0 Å². The van der Waals surface area contributed by atoms with E-state index in [9.17, 15) is 9.59 Å². The van der Waals surface area contributed by atoms with Crippen LogP contribution in [0, 0.1) is 5.92 Å². The molecule has 1 fully saturated rings. The fraction of sp³-hybridized carbons (Fsp3) is 0.450. The quantitative estimate of drug-likeness (QED) is 0.803. The van der Waals surface area contributed by atoms with Crippen molar-refractivity contribution >= 4 is 23.4 Å². The number of ether oxygens (including phenoxy) is 1. The molecule has 9 nitrogen and oxygen atoms in total. The summed E-state index contributed by atoms with van der Waals surface area (Å²) in [5.74, 6) is -0.163. The number of carboxylic acid groups (broad SMARTS) is 1. The molecule has 0 bridgehead atoms. The molecule has 9 heteroatoms. The summed E-state index contributed by atoms with van der Waals surface area (Å²) in [5, 5.41) is 8.95. The Balaban J connectivity index is 1.48. The topological polar surface area (TPSA) is 132 Å². The Morgan fingerprint density at radius 1 is 1.21 bits per heavy atom. The van der Waals surface area contributed by atoms with Crippen LogP contribution in [0.2, 0.25) is 0 Å². The van der Waals surface area contributed by atoms with Crippen LogP contribution in [0.15, 0.2) is 24.7 Å². The van der Waals surface area contributed by atoms with Crippen LogP contribution in [0.3, 0.4) is 0 Å². The highest BCUT2D eigenvalue weighted by molar-refractivity contribution is 6.10. The fourth-order valence-electron chi connectivity index (χ4n) is 4.12. The summed E-state index contributed by atoms with van der Waals surface area (Å²) in [6, 6.07) is 3.83. The van der Waals surface area contributed by atoms with E-state index in [2.05, 4.69) is 15.0 Å². The molecule has 3 heterocycles. The van der Waals surface area contributed by atoms with Gasteiger partial charge < -0.3 is 20.5 Å². The molecule has 0 atom stereocenters. The van der Waals surface area contributed by atoms with E-state index in [0.717, 1.165) is 31.4 Å². The zero-order valence-electron chi connectivity index (χ0n) is 16.0. The molecule has 0 aromatic carbocycles. The van der Waals surface area contributed by atoms with Crippen LogP contribution < -0.4 is 15.4 Å². The Morgan fingerprint density at radius 2 is 2.00 bits per heavy atom. The molecule has 3 N–H and O–H groups in total. The summed E-state index contributed by atoms with van der Waals surface area (Å²) in [4.78, 5) is 37.9. The molecular weight excluding hydrogens is 374 g/mol. The number of hydrogen-bond donors (Lipinski definition) is 2. The Bertz CT molecular complexity index is 910. The number of fused-ring (bicyclic) bond motifs is 1. The number of anilines is 2. The first-order valence-corrected chi connectivity index (χ1v) is 9.76. The molecular formula is C20H23N5O4. The summed E-state index contributed by atoms with van der Waals surface area (Å²) in [7, 11) is 0. The molecule has 1 aliphatic heterocycles. The molecule has 0 unspecified atom stereocenters. The van der Waals surface area contributed by atoms with E-state index in [1.165, 1.54) is 6.33 Å². The highest BCUT2D eigenvalue weighted by Gasteiger charge is 2.29. The fourth-order valence-corrected chi connectivity index (χ4v) is 4.12. The van der Waals surface area contributed by atoms with Gasteiger partial charge in [-0.15, -0.1) is 0 Å². The van der Waals surface area contributed by atoms with Crippen molar-refractivity contribution in [2.45, 2.75) is 38.0 Å². The average Bonchev–Trinajstić information content (AvgIpc) is 2.88. The minimum absolute atomic E-state index is 0.0922. The van der Waals surface area contributed by atoms with E-state index in [4.69, 9.17) is 15.6 Å². The van der Waals surface area contributed by atoms with Gasteiger partial charge in [-0.05, 0) is 43.7 Å². The molecule has 2 aliphatic rings. The maximum atomic E-state index is 13.0. The van der Waals surface area contributed by atoms with Crippen LogP contribution in [-0.4, -0.2) is 45.1 Å². The molecule has 1 amide bonds. The highest BCUT2D eigenvalue weighted by Crippen LogP contribution is 2.37. The molecule has 4 rings (SSSR count). The summed E-state index contributed by atoms with van der Waals surface area (Å²) in [6.07, 6.45) is 6.88. The van der Waals surface area contributed by atoms with Gasteiger partial charge in [0.05, 0.1) is 18.4 Å². The number of amides is 1. The van der Waals surface area contributed by atoms with Gasteiger partial charge in [0, 0.05) is 18.0 Å². The lowest BCUT2D eigenvalue weighted by Crippen LogP contribution is -2.33. The zero-order valence-corrected chi connectivity index (χ0v) is 16.0. The van der Waals surface area contributed by atoms with Crippen molar-refractivity contribution in [3.8, 4) is 5.88 Å². The van der Waals surface area contributed by atoms with Gasteiger partial charge in [0.15, 0.2) is 0 Å². The first-order valence-electron chi connectivity index (χ1n) is 9.76. The Kier molecular flexibility index (Phi) is 5.28. The predicted octanol–water partition coefficient (Wildman–Crippen LogP) is 2.24. The number of nitrogens with zero attached hydrogens (tertiary/aromatic N) is 4. The van der Waals surface area contributed by atoms with Gasteiger partial charge in [-0.25, -0.2) is 9.97 Å². The number of aliphatic carboxylic acids is 1. The zero-order chi connectivity index (χ0) is 20.4. The van der Waals surface area contributed by atoms with Crippen molar-refractivity contribution < 1.29 is 19.4 Å². The number of rotatable bonds is 4. The predicted molar refractivity (Wildman–Crippen MR) is 105 cm³/mol. The molecule has 0 saturated heterocycles. The van der Waals surface area contributed by atoms with Crippen LogP contribution in [0.5, 0.6) is 5.88 Å². The number of pyridine rings is 1. The summed E-state index contributed by atoms with van der Waals surface area (Å²) < 4.78 is 5.55. The standard InChI is InChI=1S/C20H23N5O4/c21-18-17-19(24-11-23-18)29-8-7-25(20(17)28)14-5-6-15(22-10-14)13-3-1-12(2-4-13)9-16(26)27/h5-6,10-13H,1-4,7-9H2,(H,26,27)(H2,21,23,24)/t12-,13+. The molecule has 0 radical (unpaired) electrons. The lowest BCUT2D eigenvalue weighted by Gasteiger charge is -2.27. The molecule has 29 heavy (non-hydrogen) atoms. The third-order valence-corrected chi connectivity index (χ3v) is 5.67. The van der Waals surface area contributed by atoms with Crippen molar-refractivity contribution in [1.29, 1.82) is 0 Å². The summed E-state index contributed by atoms with van der Waals surface area (Å²) >= 11 is 0. The third kappa shape index (κ3) is 3.98. The number of carbonyl (C=O) groups is 2. The van der Waals surface area contributed by atoms with Crippen LogP contribution in [-0.2, 0) is 4.79 Å². The van der Waals surface area contributed by atoms with Crippen molar-refractivity contribution in [3.63, 3.8) is 0 Å². The largest absolute Gasteiger partial charge is 0.481 e. The Hall–Kier alpha value is -3.23. The number of aromatic nitrogens is 3. The average molecular weight is 397 g/mol. The van der Waals surface area contributed by atoms with Crippen molar-refractivity contribution in [2.24, 2.45) is 5.92 Å². The van der Waals surface area contributed by atoms with E-state index in [1.54, 1.807) is 11.1 Å². The number of nitrogen functional groups attached to an aromatic ring is 1. The number of hydrogen-bond acceptors (Lipinski definition) is 7. The molecule has 2 aromatic heterocycles. The first-order chi connectivity index (χ1) is 14.0. The van der Waals surface area contributed by atoms with Crippen LogP contribution in [0.1, 0.15) is 54.1 Å². The second-order valence-electron chi connectivity index (χ2n) is 7.50. The lowest BCUT2D eigenvalue weighted by atomic mass is 9.79. The van der Waals surface area contributed by atoms with Crippen molar-refractivity contribution in [2.75, 3.05) is 23.8 Å². The van der Waals surface area contributed by atoms with Crippen LogP contribution in [0.4, 0.5) is 11.5 Å². The van der Waals surface area contributed by atoms with Gasteiger partial charge in [-0.2, -0.15) is 0 Å². The SMILES string of the molecule is Nc1ncnc2c1C(=O)N(c1ccc([C@H]3CC[C@@H](CC(=O)O)CC3)nc1)CCO2. The van der Waals surface area contributed by atoms with Gasteiger partial charge in [-0.1, -0.05) is 0 Å². The monoisotopic (exact) mass is 397 g/mol. The number of nitrogens with two attached hydrogens (primary N) is 1. The van der Waals surface area contributed by atoms with E-state index in [1.807, 2.05) is 12.1 Å². The number of carboxylic acids is 1. The normalized spacial score (nSPS) is 21.8. The molecule has 1 aliphatic carbocycles. The van der Waals surface area contributed by atoms with Crippen molar-refractivity contribution in [1.82, 2.24) is 15.0 Å². The van der Waals surface area contributed by atoms with E-state index in [-0.39, 0.29) is 35.5 Å².